The van der Waals surface area contributed by atoms with Gasteiger partial charge in [-0.3, -0.25) is 0 Å². The number of carbonyl (C=O) groups is 1. The summed E-state index contributed by atoms with van der Waals surface area (Å²) in [6.07, 6.45) is 5.69. The molecule has 2 aromatic carbocycles. The van der Waals surface area contributed by atoms with E-state index in [1.165, 1.54) is 0 Å². The third kappa shape index (κ3) is 3.17. The average molecular weight is 445 g/mol. The molecule has 0 saturated carbocycles. The van der Waals surface area contributed by atoms with Gasteiger partial charge in [0.25, 0.3) is 0 Å². The second kappa shape index (κ2) is 8.29. The van der Waals surface area contributed by atoms with Gasteiger partial charge in [0.05, 0.1) is 5.57 Å². The van der Waals surface area contributed by atoms with E-state index < -0.39 is 5.60 Å². The van der Waals surface area contributed by atoms with Gasteiger partial charge in [0.2, 0.25) is 0 Å². The van der Waals surface area contributed by atoms with Gasteiger partial charge in [-0.2, -0.15) is 0 Å². The number of fused-ring (bicyclic) bond motifs is 5. The molecule has 5 rings (SSSR count). The molecule has 0 fully saturated rings. The minimum Gasteiger partial charge on any atom is -0.456 e. The van der Waals surface area contributed by atoms with Crippen LogP contribution in [0, 0.1) is 0 Å². The van der Waals surface area contributed by atoms with E-state index in [0.29, 0.717) is 5.57 Å². The Kier molecular flexibility index (Phi) is 5.43. The number of allylic oxidation sites excluding steroid dienone is 1. The Morgan fingerprint density at radius 1 is 0.848 bits per heavy atom. The van der Waals surface area contributed by atoms with Crippen molar-refractivity contribution in [3.05, 3.63) is 70.8 Å². The number of hydrogen-bond donors (Lipinski definition) is 0. The molecule has 0 N–H and O–H groups in total. The molecule has 2 aromatic rings. The third-order valence-electron chi connectivity index (χ3n) is 7.23. The number of ether oxygens (including phenoxy) is 2. The molecule has 3 aliphatic rings. The summed E-state index contributed by atoms with van der Waals surface area (Å²) in [5, 5.41) is 0. The molecule has 33 heavy (non-hydrogen) atoms. The first-order chi connectivity index (χ1) is 16.1. The molecule has 2 aliphatic heterocycles. The van der Waals surface area contributed by atoms with E-state index in [1.807, 2.05) is 6.08 Å². The Bertz CT molecular complexity index is 1090. The normalized spacial score (nSPS) is 17.3. The van der Waals surface area contributed by atoms with Crippen LogP contribution in [0.15, 0.2) is 59.7 Å². The van der Waals surface area contributed by atoms with E-state index in [9.17, 15) is 4.79 Å². The lowest BCUT2D eigenvalue weighted by Crippen LogP contribution is -2.35. The highest BCUT2D eigenvalue weighted by molar-refractivity contribution is 5.98. The van der Waals surface area contributed by atoms with Gasteiger partial charge in [0, 0.05) is 60.8 Å². The van der Waals surface area contributed by atoms with Crippen LogP contribution in [-0.4, -0.2) is 32.1 Å². The maximum atomic E-state index is 13.0. The molecule has 0 bridgehead atoms. The van der Waals surface area contributed by atoms with Gasteiger partial charge in [-0.1, -0.05) is 12.2 Å². The van der Waals surface area contributed by atoms with E-state index in [-0.39, 0.29) is 5.97 Å². The van der Waals surface area contributed by atoms with Gasteiger partial charge in [-0.15, -0.1) is 0 Å². The topological polar surface area (TPSA) is 42.0 Å². The zero-order valence-electron chi connectivity index (χ0n) is 20.0. The minimum atomic E-state index is -0.927. The molecule has 1 spiro atoms. The van der Waals surface area contributed by atoms with Gasteiger partial charge in [0.1, 0.15) is 11.5 Å². The number of nitrogens with zero attached hydrogens (tertiary/aromatic N) is 2. The van der Waals surface area contributed by atoms with Crippen LogP contribution in [-0.2, 0) is 15.1 Å². The van der Waals surface area contributed by atoms with Gasteiger partial charge in [0.15, 0.2) is 5.60 Å². The largest absolute Gasteiger partial charge is 0.456 e. The lowest BCUT2D eigenvalue weighted by atomic mass is 9.74. The Hall–Kier alpha value is -3.21. The van der Waals surface area contributed by atoms with Crippen LogP contribution in [0.5, 0.6) is 11.5 Å². The van der Waals surface area contributed by atoms with Crippen molar-refractivity contribution in [2.24, 2.45) is 0 Å². The SMILES string of the molecule is CCN(CC)c1ccc2c(c1)Oc1cc(N(CC)CC)ccc1C21OC(=O)C2=C1CCC=C2. The number of hydrogen-bond acceptors (Lipinski definition) is 5. The standard InChI is InChI=1S/C28H32N2O3/c1-5-29(6-2)19-13-15-23-25(17-19)32-26-18-20(30(7-3)8-4)14-16-24(26)28(23)22-12-10-9-11-21(22)27(31)33-28/h9,11,13-18H,5-8,10,12H2,1-4H3. The molecule has 0 atom stereocenters. The van der Waals surface area contributed by atoms with E-state index in [2.05, 4.69) is 80.0 Å². The highest BCUT2D eigenvalue weighted by atomic mass is 16.6. The molecule has 0 aromatic heterocycles. The van der Waals surface area contributed by atoms with Crippen molar-refractivity contribution in [1.29, 1.82) is 0 Å². The van der Waals surface area contributed by atoms with Crippen molar-refractivity contribution in [1.82, 2.24) is 0 Å². The van der Waals surface area contributed by atoms with Crippen LogP contribution in [0.3, 0.4) is 0 Å². The van der Waals surface area contributed by atoms with Crippen LogP contribution in [0.2, 0.25) is 0 Å². The van der Waals surface area contributed by atoms with Gasteiger partial charge >= 0.3 is 5.97 Å². The molecule has 5 heteroatoms. The van der Waals surface area contributed by atoms with Crippen LogP contribution < -0.4 is 14.5 Å². The van der Waals surface area contributed by atoms with Crippen LogP contribution >= 0.6 is 0 Å². The number of rotatable bonds is 6. The highest BCUT2D eigenvalue weighted by Gasteiger charge is 2.54. The summed E-state index contributed by atoms with van der Waals surface area (Å²) in [6.45, 7) is 12.3. The smallest absolute Gasteiger partial charge is 0.339 e. The van der Waals surface area contributed by atoms with Crippen LogP contribution in [0.25, 0.3) is 0 Å². The predicted octanol–water partition coefficient (Wildman–Crippen LogP) is 5.93. The number of anilines is 2. The summed E-state index contributed by atoms with van der Waals surface area (Å²) >= 11 is 0. The Morgan fingerprint density at radius 3 is 1.91 bits per heavy atom. The Balaban J connectivity index is 1.74. The van der Waals surface area contributed by atoms with Gasteiger partial charge in [-0.25, -0.2) is 4.79 Å². The fourth-order valence-electron chi connectivity index (χ4n) is 5.52. The molecule has 0 radical (unpaired) electrons. The van der Waals surface area contributed by atoms with Crippen molar-refractivity contribution >= 4 is 17.3 Å². The molecule has 0 saturated heterocycles. The maximum Gasteiger partial charge on any atom is 0.339 e. The summed E-state index contributed by atoms with van der Waals surface area (Å²) in [5.41, 5.74) is 4.86. The summed E-state index contributed by atoms with van der Waals surface area (Å²) in [7, 11) is 0. The summed E-state index contributed by atoms with van der Waals surface area (Å²) in [5.74, 6) is 1.28. The Morgan fingerprint density at radius 2 is 1.39 bits per heavy atom. The van der Waals surface area contributed by atoms with E-state index >= 15 is 0 Å². The first-order valence-electron chi connectivity index (χ1n) is 12.2. The average Bonchev–Trinajstić information content (AvgIpc) is 3.13. The summed E-state index contributed by atoms with van der Waals surface area (Å²) in [4.78, 5) is 17.6. The van der Waals surface area contributed by atoms with Gasteiger partial charge < -0.3 is 19.3 Å². The van der Waals surface area contributed by atoms with Crippen molar-refractivity contribution < 1.29 is 14.3 Å². The maximum absolute atomic E-state index is 13.0. The molecule has 0 amide bonds. The first kappa shape index (κ1) is 21.6. The first-order valence-corrected chi connectivity index (χ1v) is 12.2. The third-order valence-corrected chi connectivity index (χ3v) is 7.23. The second-order valence-electron chi connectivity index (χ2n) is 8.71. The number of benzene rings is 2. The Labute approximate surface area is 196 Å². The number of carbonyl (C=O) groups excluding carboxylic acids is 1. The zero-order chi connectivity index (χ0) is 23.2. The second-order valence-corrected chi connectivity index (χ2v) is 8.71. The molecule has 0 unspecified atom stereocenters. The lowest BCUT2D eigenvalue weighted by Gasteiger charge is -2.39. The quantitative estimate of drug-likeness (QED) is 0.517. The van der Waals surface area contributed by atoms with E-state index in [1.54, 1.807) is 0 Å². The predicted molar refractivity (Wildman–Crippen MR) is 132 cm³/mol. The highest BCUT2D eigenvalue weighted by Crippen LogP contribution is 2.58. The molecular formula is C28H32N2O3. The van der Waals surface area contributed by atoms with E-state index in [4.69, 9.17) is 9.47 Å². The lowest BCUT2D eigenvalue weighted by molar-refractivity contribution is -0.145. The van der Waals surface area contributed by atoms with Crippen molar-refractivity contribution in [3.63, 3.8) is 0 Å². The zero-order valence-corrected chi connectivity index (χ0v) is 20.0. The minimum absolute atomic E-state index is 0.250. The summed E-state index contributed by atoms with van der Waals surface area (Å²) < 4.78 is 12.9. The van der Waals surface area contributed by atoms with Crippen LogP contribution in [0.4, 0.5) is 11.4 Å². The monoisotopic (exact) mass is 444 g/mol. The van der Waals surface area contributed by atoms with E-state index in [0.717, 1.165) is 78.6 Å². The molecule has 172 valence electrons. The van der Waals surface area contributed by atoms with Crippen LogP contribution in [0.1, 0.15) is 51.7 Å². The fourth-order valence-corrected chi connectivity index (χ4v) is 5.52. The molecule has 1 aliphatic carbocycles. The summed E-state index contributed by atoms with van der Waals surface area (Å²) in [6, 6.07) is 12.6. The fraction of sp³-hybridized carbons (Fsp3) is 0.393. The molecule has 5 nitrogen and oxygen atoms in total. The molecular weight excluding hydrogens is 412 g/mol. The van der Waals surface area contributed by atoms with Crippen molar-refractivity contribution in [2.75, 3.05) is 36.0 Å². The van der Waals surface area contributed by atoms with Crippen molar-refractivity contribution in [2.45, 2.75) is 46.1 Å². The number of esters is 1. The van der Waals surface area contributed by atoms with Gasteiger partial charge in [-0.05, 0) is 70.4 Å². The molecule has 2 heterocycles. The van der Waals surface area contributed by atoms with Crippen molar-refractivity contribution in [3.8, 4) is 11.5 Å².